The standard InChI is InChI=1S/C40H56N5O15P/c1-32-9-10-34(24-41-32)12-11-33-13-15-36(16-14-33)44(17-3-2-6-37(49)26-46)18-19-45-25-35(42-43-45)27-57-40(51)7-4-20-54-22-23-56-39(50)8-5-21-59-61(52,53)60-29-38(58-31-48)28-55-30-47/h9-16,24-25,30-31,37-38,46,49H,2-8,17-23,26-29H2,1H3,(H,52,53)/b12-11+. The molecule has 3 atom stereocenters. The summed E-state index contributed by atoms with van der Waals surface area (Å²) < 4.78 is 47.9. The van der Waals surface area contributed by atoms with E-state index in [-0.39, 0.29) is 78.5 Å². The zero-order valence-electron chi connectivity index (χ0n) is 34.2. The van der Waals surface area contributed by atoms with E-state index in [2.05, 4.69) is 53.9 Å². The molecule has 2 heterocycles. The van der Waals surface area contributed by atoms with Gasteiger partial charge in [0.05, 0.1) is 45.3 Å². The van der Waals surface area contributed by atoms with E-state index in [1.807, 2.05) is 37.4 Å². The molecular weight excluding hydrogens is 821 g/mol. The smallest absolute Gasteiger partial charge is 0.464 e. The number of anilines is 1. The fourth-order valence-electron chi connectivity index (χ4n) is 5.34. The number of hydrogen-bond donors (Lipinski definition) is 3. The van der Waals surface area contributed by atoms with Crippen LogP contribution in [-0.4, -0.2) is 132 Å². The molecule has 0 radical (unpaired) electrons. The lowest BCUT2D eigenvalue weighted by Crippen LogP contribution is -2.29. The van der Waals surface area contributed by atoms with E-state index >= 15 is 0 Å². The predicted molar refractivity (Wildman–Crippen MR) is 218 cm³/mol. The molecule has 61 heavy (non-hydrogen) atoms. The second-order valence-corrected chi connectivity index (χ2v) is 15.0. The van der Waals surface area contributed by atoms with Crippen molar-refractivity contribution < 1.29 is 71.6 Å². The maximum atomic E-state index is 12.3. The fourth-order valence-corrected chi connectivity index (χ4v) is 6.13. The number of ether oxygens (including phenoxy) is 5. The lowest BCUT2D eigenvalue weighted by Gasteiger charge is -2.25. The Morgan fingerprint density at radius 2 is 1.61 bits per heavy atom. The Labute approximate surface area is 354 Å². The first-order chi connectivity index (χ1) is 29.5. The first-order valence-corrected chi connectivity index (χ1v) is 21.3. The van der Waals surface area contributed by atoms with E-state index in [0.717, 1.165) is 41.9 Å². The van der Waals surface area contributed by atoms with E-state index in [4.69, 9.17) is 28.4 Å². The van der Waals surface area contributed by atoms with E-state index in [1.165, 1.54) is 0 Å². The van der Waals surface area contributed by atoms with Crippen LogP contribution in [0.2, 0.25) is 0 Å². The first-order valence-electron chi connectivity index (χ1n) is 19.8. The summed E-state index contributed by atoms with van der Waals surface area (Å²) in [5.41, 5.74) is 4.55. The van der Waals surface area contributed by atoms with Crippen LogP contribution in [0.15, 0.2) is 48.8 Å². The van der Waals surface area contributed by atoms with Gasteiger partial charge in [0.15, 0.2) is 6.10 Å². The molecular formula is C40H56N5O15P. The van der Waals surface area contributed by atoms with Gasteiger partial charge in [-0.15, -0.1) is 5.10 Å². The molecule has 0 spiro atoms. The molecule has 3 rings (SSSR count). The number of unbranched alkanes of at least 4 members (excludes halogenated alkanes) is 1. The van der Waals surface area contributed by atoms with E-state index in [0.29, 0.717) is 31.6 Å². The van der Waals surface area contributed by atoms with Crippen LogP contribution in [0.4, 0.5) is 5.69 Å². The van der Waals surface area contributed by atoms with Gasteiger partial charge in [0.1, 0.15) is 25.5 Å². The zero-order chi connectivity index (χ0) is 44.1. The average Bonchev–Trinajstić information content (AvgIpc) is 3.72. The molecule has 3 unspecified atom stereocenters. The molecule has 0 aliphatic heterocycles. The molecule has 2 aromatic heterocycles. The minimum absolute atomic E-state index is 0.0357. The molecule has 3 aromatic rings. The van der Waals surface area contributed by atoms with Crippen LogP contribution in [-0.2, 0) is 69.6 Å². The average molecular weight is 878 g/mol. The van der Waals surface area contributed by atoms with Gasteiger partial charge in [0, 0.05) is 50.1 Å². The molecule has 0 aliphatic carbocycles. The number of aromatic nitrogens is 4. The van der Waals surface area contributed by atoms with Crippen LogP contribution in [0.5, 0.6) is 0 Å². The number of rotatable bonds is 34. The number of benzene rings is 1. The molecule has 3 N–H and O–H groups in total. The first kappa shape index (κ1) is 50.3. The fraction of sp³-hybridized carbons (Fsp3) is 0.525. The molecule has 0 fully saturated rings. The molecule has 20 nitrogen and oxygen atoms in total. The quantitative estimate of drug-likeness (QED) is 0.0256. The predicted octanol–water partition coefficient (Wildman–Crippen LogP) is 3.19. The van der Waals surface area contributed by atoms with Crippen molar-refractivity contribution in [1.29, 1.82) is 0 Å². The van der Waals surface area contributed by atoms with Crippen LogP contribution in [0, 0.1) is 6.92 Å². The monoisotopic (exact) mass is 877 g/mol. The third-order valence-electron chi connectivity index (χ3n) is 8.61. The second-order valence-electron chi connectivity index (χ2n) is 13.5. The summed E-state index contributed by atoms with van der Waals surface area (Å²) in [6, 6.07) is 12.2. The lowest BCUT2D eigenvalue weighted by atomic mass is 10.1. The maximum Gasteiger partial charge on any atom is 0.472 e. The summed E-state index contributed by atoms with van der Waals surface area (Å²) in [6.07, 6.45) is 8.30. The highest BCUT2D eigenvalue weighted by atomic mass is 31.2. The molecule has 336 valence electrons. The summed E-state index contributed by atoms with van der Waals surface area (Å²) in [6.45, 7) is 2.75. The Morgan fingerprint density at radius 1 is 0.869 bits per heavy atom. The Hall–Kier alpha value is -5.08. The molecule has 1 aromatic carbocycles. The van der Waals surface area contributed by atoms with Crippen molar-refractivity contribution in [1.82, 2.24) is 20.0 Å². The SMILES string of the molecule is Cc1ccc(/C=C/c2ccc(N(CCCCC(O)CO)CCn3cc(COC(=O)CCCOCCOC(=O)CCCOP(=O)(O)OCC(COC=O)OC=O)nn3)cc2)cn1. The van der Waals surface area contributed by atoms with E-state index in [9.17, 15) is 33.7 Å². The summed E-state index contributed by atoms with van der Waals surface area (Å²) in [4.78, 5) is 61.2. The van der Waals surface area contributed by atoms with Crippen LogP contribution in [0.3, 0.4) is 0 Å². The number of aliphatic hydroxyl groups excluding tert-OH is 2. The van der Waals surface area contributed by atoms with Gasteiger partial charge in [-0.3, -0.25) is 37.9 Å². The zero-order valence-corrected chi connectivity index (χ0v) is 35.1. The van der Waals surface area contributed by atoms with Crippen molar-refractivity contribution in [2.45, 2.75) is 77.2 Å². The number of aliphatic hydroxyl groups is 2. The number of phosphoric acid groups is 1. The molecule has 0 saturated carbocycles. The van der Waals surface area contributed by atoms with Gasteiger partial charge in [-0.2, -0.15) is 0 Å². The van der Waals surface area contributed by atoms with Crippen LogP contribution in [0.1, 0.15) is 67.5 Å². The highest BCUT2D eigenvalue weighted by Gasteiger charge is 2.24. The number of carbonyl (C=O) groups excluding carboxylic acids is 4. The number of hydrogen-bond acceptors (Lipinski definition) is 18. The third-order valence-corrected chi connectivity index (χ3v) is 9.60. The molecule has 0 saturated heterocycles. The summed E-state index contributed by atoms with van der Waals surface area (Å²) >= 11 is 0. The van der Waals surface area contributed by atoms with Crippen LogP contribution < -0.4 is 4.90 Å². The van der Waals surface area contributed by atoms with E-state index < -0.39 is 38.6 Å². The molecule has 0 bridgehead atoms. The maximum absolute atomic E-state index is 12.3. The van der Waals surface area contributed by atoms with Gasteiger partial charge in [0.25, 0.3) is 12.9 Å². The van der Waals surface area contributed by atoms with Crippen molar-refractivity contribution in [2.24, 2.45) is 0 Å². The number of aryl methyl sites for hydroxylation is 1. The molecule has 0 aliphatic rings. The van der Waals surface area contributed by atoms with Crippen molar-refractivity contribution in [2.75, 3.05) is 64.2 Å². The van der Waals surface area contributed by atoms with Crippen molar-refractivity contribution >= 4 is 50.5 Å². The topological polar surface area (TPSA) is 257 Å². The van der Waals surface area contributed by atoms with Gasteiger partial charge in [-0.05, 0) is 68.4 Å². The van der Waals surface area contributed by atoms with Gasteiger partial charge in [-0.1, -0.05) is 35.6 Å². The largest absolute Gasteiger partial charge is 0.472 e. The van der Waals surface area contributed by atoms with Crippen molar-refractivity contribution in [3.05, 3.63) is 71.3 Å². The van der Waals surface area contributed by atoms with Gasteiger partial charge in [0.2, 0.25) is 0 Å². The number of nitrogens with zero attached hydrogens (tertiary/aromatic N) is 5. The van der Waals surface area contributed by atoms with Crippen molar-refractivity contribution in [3.63, 3.8) is 0 Å². The van der Waals surface area contributed by atoms with Crippen molar-refractivity contribution in [3.8, 4) is 0 Å². The number of carbonyl (C=O) groups is 4. The minimum Gasteiger partial charge on any atom is -0.464 e. The Balaban J connectivity index is 1.29. The van der Waals surface area contributed by atoms with Gasteiger partial charge >= 0.3 is 19.8 Å². The number of phosphoric ester groups is 1. The number of pyridine rings is 1. The minimum atomic E-state index is -4.52. The Bertz CT molecular complexity index is 1800. The summed E-state index contributed by atoms with van der Waals surface area (Å²) in [5, 5.41) is 27.2. The summed E-state index contributed by atoms with van der Waals surface area (Å²) in [5.74, 6) is -1.01. The van der Waals surface area contributed by atoms with Crippen LogP contribution in [0.25, 0.3) is 12.2 Å². The highest BCUT2D eigenvalue weighted by molar-refractivity contribution is 7.47. The Kier molecular flexibility index (Phi) is 24.1. The normalized spacial score (nSPS) is 13.2. The summed E-state index contributed by atoms with van der Waals surface area (Å²) in [7, 11) is -4.52. The second kappa shape index (κ2) is 29.2. The number of esters is 2. The van der Waals surface area contributed by atoms with Gasteiger partial charge < -0.3 is 43.7 Å². The van der Waals surface area contributed by atoms with Gasteiger partial charge in [-0.25, -0.2) is 4.57 Å². The molecule has 21 heteroatoms. The lowest BCUT2D eigenvalue weighted by molar-refractivity contribution is -0.145. The third kappa shape index (κ3) is 22.4. The Morgan fingerprint density at radius 3 is 2.33 bits per heavy atom. The van der Waals surface area contributed by atoms with E-state index in [1.54, 1.807) is 10.9 Å². The highest BCUT2D eigenvalue weighted by Crippen LogP contribution is 2.43. The molecule has 0 amide bonds. The van der Waals surface area contributed by atoms with Crippen LogP contribution >= 0.6 is 7.82 Å².